The van der Waals surface area contributed by atoms with Crippen molar-refractivity contribution < 1.29 is 14.3 Å². The number of esters is 1. The highest BCUT2D eigenvalue weighted by atomic mass is 16.5. The van der Waals surface area contributed by atoms with Gasteiger partial charge in [-0.1, -0.05) is 41.0 Å². The fourth-order valence-electron chi connectivity index (χ4n) is 1.96. The normalized spacial score (nSPS) is 14.7. The summed E-state index contributed by atoms with van der Waals surface area (Å²) in [5, 5.41) is 0. The van der Waals surface area contributed by atoms with Crippen LogP contribution < -0.4 is 0 Å². The third kappa shape index (κ3) is 5.62. The zero-order valence-electron chi connectivity index (χ0n) is 13.4. The molecule has 0 saturated heterocycles. The fraction of sp³-hybridized carbons (Fsp3) is 0.867. The van der Waals surface area contributed by atoms with E-state index in [1.165, 1.54) is 0 Å². The third-order valence-corrected chi connectivity index (χ3v) is 3.29. The Kier molecular flexibility index (Phi) is 7.09. The lowest BCUT2D eigenvalue weighted by molar-refractivity contribution is -0.160. The van der Waals surface area contributed by atoms with E-state index >= 15 is 0 Å². The van der Waals surface area contributed by atoms with Gasteiger partial charge >= 0.3 is 5.97 Å². The third-order valence-electron chi connectivity index (χ3n) is 3.29. The van der Waals surface area contributed by atoms with Crippen LogP contribution in [0.3, 0.4) is 0 Å². The molecule has 0 aliphatic carbocycles. The zero-order chi connectivity index (χ0) is 15.2. The minimum atomic E-state index is -0.735. The fourth-order valence-corrected chi connectivity index (χ4v) is 1.96. The summed E-state index contributed by atoms with van der Waals surface area (Å²) in [5.74, 6) is -0.875. The number of carbonyl (C=O) groups excluding carboxylic acids is 2. The predicted octanol–water partition coefficient (Wildman–Crippen LogP) is 2.72. The molecule has 0 aliphatic heterocycles. The van der Waals surface area contributed by atoms with Gasteiger partial charge < -0.3 is 9.64 Å². The van der Waals surface area contributed by atoms with Gasteiger partial charge in [0, 0.05) is 13.6 Å². The van der Waals surface area contributed by atoms with E-state index in [1.54, 1.807) is 18.9 Å². The average molecular weight is 271 g/mol. The molecule has 0 saturated carbocycles. The summed E-state index contributed by atoms with van der Waals surface area (Å²) in [6.07, 6.45) is 1.01. The van der Waals surface area contributed by atoms with Crippen LogP contribution in [0.2, 0.25) is 0 Å². The molecule has 0 heterocycles. The molecule has 2 unspecified atom stereocenters. The smallest absolute Gasteiger partial charge is 0.319 e. The van der Waals surface area contributed by atoms with E-state index in [0.717, 1.165) is 6.42 Å². The molecule has 1 amide bonds. The van der Waals surface area contributed by atoms with Crippen LogP contribution in [-0.4, -0.2) is 37.0 Å². The molecule has 2 atom stereocenters. The Balaban J connectivity index is 4.96. The number of hydrogen-bond donors (Lipinski definition) is 0. The van der Waals surface area contributed by atoms with Gasteiger partial charge in [0.25, 0.3) is 0 Å². The molecule has 0 aromatic carbocycles. The van der Waals surface area contributed by atoms with Crippen LogP contribution >= 0.6 is 0 Å². The quantitative estimate of drug-likeness (QED) is 0.551. The van der Waals surface area contributed by atoms with Crippen LogP contribution in [0.5, 0.6) is 0 Å². The SMILES string of the molecule is CCOC(=O)C(C(=O)N(C)CC(C)CC)C(C)(C)C. The van der Waals surface area contributed by atoms with Crippen LogP contribution in [0.15, 0.2) is 0 Å². The van der Waals surface area contributed by atoms with Crippen molar-refractivity contribution in [2.75, 3.05) is 20.2 Å². The second kappa shape index (κ2) is 7.51. The van der Waals surface area contributed by atoms with E-state index in [-0.39, 0.29) is 5.91 Å². The minimum Gasteiger partial charge on any atom is -0.465 e. The Morgan fingerprint density at radius 3 is 2.11 bits per heavy atom. The summed E-state index contributed by atoms with van der Waals surface area (Å²) in [5.41, 5.74) is -0.437. The van der Waals surface area contributed by atoms with Crippen LogP contribution in [0, 0.1) is 17.3 Å². The van der Waals surface area contributed by atoms with Crippen molar-refractivity contribution in [2.45, 2.75) is 48.0 Å². The van der Waals surface area contributed by atoms with Crippen LogP contribution in [-0.2, 0) is 14.3 Å². The number of nitrogens with zero attached hydrogens (tertiary/aromatic N) is 1. The Morgan fingerprint density at radius 1 is 1.21 bits per heavy atom. The highest BCUT2D eigenvalue weighted by molar-refractivity contribution is 5.98. The Bertz CT molecular complexity index is 307. The predicted molar refractivity (Wildman–Crippen MR) is 76.7 cm³/mol. The Labute approximate surface area is 117 Å². The molecule has 0 spiro atoms. The van der Waals surface area contributed by atoms with Crippen molar-refractivity contribution in [1.29, 1.82) is 0 Å². The summed E-state index contributed by atoms with van der Waals surface area (Å²) >= 11 is 0. The molecule has 0 fully saturated rings. The molecule has 0 aromatic rings. The van der Waals surface area contributed by atoms with Crippen LogP contribution in [0.1, 0.15) is 48.0 Å². The van der Waals surface area contributed by atoms with Crippen molar-refractivity contribution in [3.63, 3.8) is 0 Å². The molecule has 0 N–H and O–H groups in total. The molecule has 112 valence electrons. The molecule has 0 aromatic heterocycles. The van der Waals surface area contributed by atoms with Gasteiger partial charge in [0.05, 0.1) is 6.61 Å². The second-order valence-electron chi connectivity index (χ2n) is 6.28. The van der Waals surface area contributed by atoms with Crippen LogP contribution in [0.4, 0.5) is 0 Å². The topological polar surface area (TPSA) is 46.6 Å². The summed E-state index contributed by atoms with van der Waals surface area (Å²) in [6.45, 7) is 12.6. The number of hydrogen-bond acceptors (Lipinski definition) is 3. The highest BCUT2D eigenvalue weighted by Gasteiger charge is 2.40. The van der Waals surface area contributed by atoms with Gasteiger partial charge in [0.15, 0.2) is 0 Å². The Hall–Kier alpha value is -1.06. The molecular formula is C15H29NO3. The van der Waals surface area contributed by atoms with Gasteiger partial charge in [-0.15, -0.1) is 0 Å². The Morgan fingerprint density at radius 2 is 1.74 bits per heavy atom. The van der Waals surface area contributed by atoms with Crippen LogP contribution in [0.25, 0.3) is 0 Å². The summed E-state index contributed by atoms with van der Waals surface area (Å²) in [4.78, 5) is 26.2. The van der Waals surface area contributed by atoms with Gasteiger partial charge in [-0.05, 0) is 18.3 Å². The van der Waals surface area contributed by atoms with Gasteiger partial charge in [-0.25, -0.2) is 0 Å². The van der Waals surface area contributed by atoms with Gasteiger partial charge in [0.2, 0.25) is 5.91 Å². The van der Waals surface area contributed by atoms with E-state index in [9.17, 15) is 9.59 Å². The van der Waals surface area contributed by atoms with Crippen molar-refractivity contribution in [1.82, 2.24) is 4.90 Å². The standard InChI is InChI=1S/C15H29NO3/c1-8-11(3)10-16(7)13(17)12(15(4,5)6)14(18)19-9-2/h11-12H,8-10H2,1-7H3. The molecule has 0 aliphatic rings. The lowest BCUT2D eigenvalue weighted by atomic mass is 9.79. The van der Waals surface area contributed by atoms with E-state index < -0.39 is 17.3 Å². The summed E-state index contributed by atoms with van der Waals surface area (Å²) in [7, 11) is 1.76. The number of amides is 1. The number of rotatable bonds is 6. The maximum absolute atomic E-state index is 12.5. The monoisotopic (exact) mass is 271 g/mol. The van der Waals surface area contributed by atoms with Crippen molar-refractivity contribution in [3.8, 4) is 0 Å². The first-order valence-electron chi connectivity index (χ1n) is 7.06. The van der Waals surface area contributed by atoms with Crippen molar-refractivity contribution in [2.24, 2.45) is 17.3 Å². The summed E-state index contributed by atoms with van der Waals surface area (Å²) in [6, 6.07) is 0. The second-order valence-corrected chi connectivity index (χ2v) is 6.28. The lowest BCUT2D eigenvalue weighted by Gasteiger charge is -2.32. The molecule has 4 nitrogen and oxygen atoms in total. The van der Waals surface area contributed by atoms with Gasteiger partial charge in [0.1, 0.15) is 5.92 Å². The number of ether oxygens (including phenoxy) is 1. The number of carbonyl (C=O) groups is 2. The maximum Gasteiger partial charge on any atom is 0.319 e. The lowest BCUT2D eigenvalue weighted by Crippen LogP contribution is -2.45. The zero-order valence-corrected chi connectivity index (χ0v) is 13.4. The first-order chi connectivity index (χ1) is 8.65. The van der Waals surface area contributed by atoms with E-state index in [2.05, 4.69) is 13.8 Å². The molecule has 19 heavy (non-hydrogen) atoms. The molecule has 0 radical (unpaired) electrons. The highest BCUT2D eigenvalue weighted by Crippen LogP contribution is 2.29. The first kappa shape index (κ1) is 17.9. The van der Waals surface area contributed by atoms with E-state index in [1.807, 2.05) is 20.8 Å². The maximum atomic E-state index is 12.5. The molecule has 0 rings (SSSR count). The summed E-state index contributed by atoms with van der Waals surface area (Å²) < 4.78 is 5.05. The average Bonchev–Trinajstić information content (AvgIpc) is 2.27. The van der Waals surface area contributed by atoms with Crippen molar-refractivity contribution in [3.05, 3.63) is 0 Å². The van der Waals surface area contributed by atoms with E-state index in [0.29, 0.717) is 19.1 Å². The van der Waals surface area contributed by atoms with Gasteiger partial charge in [-0.2, -0.15) is 0 Å². The minimum absolute atomic E-state index is 0.147. The van der Waals surface area contributed by atoms with Crippen molar-refractivity contribution >= 4 is 11.9 Å². The van der Waals surface area contributed by atoms with E-state index in [4.69, 9.17) is 4.74 Å². The molecular weight excluding hydrogens is 242 g/mol. The van der Waals surface area contributed by atoms with Gasteiger partial charge in [-0.3, -0.25) is 9.59 Å². The largest absolute Gasteiger partial charge is 0.465 e. The molecule has 0 bridgehead atoms. The molecule has 4 heteroatoms. The first-order valence-corrected chi connectivity index (χ1v) is 7.06.